The number of hydrogen-bond acceptors (Lipinski definition) is 5. The average molecular weight is 374 g/mol. The smallest absolute Gasteiger partial charge is 0.256 e. The van der Waals surface area contributed by atoms with Crippen LogP contribution in [0.4, 0.5) is 0 Å². The molecule has 1 aliphatic heterocycles. The standard InChI is InChI=1S/C20H30N4O3/c1-13-21-12-16(20(26)24(2)3)18(23-13)15-8-6-14(7-9-15)11-22-19(25)17-5-4-10-27-17/h12,14-15,17H,4-11H2,1-3H3,(H,22,25)/t14?,15?,17-/m1/s1. The molecule has 7 nitrogen and oxygen atoms in total. The van der Waals surface area contributed by atoms with E-state index in [0.29, 0.717) is 30.5 Å². The van der Waals surface area contributed by atoms with Gasteiger partial charge in [0, 0.05) is 39.4 Å². The largest absolute Gasteiger partial charge is 0.368 e. The van der Waals surface area contributed by atoms with E-state index in [0.717, 1.165) is 44.2 Å². The van der Waals surface area contributed by atoms with Crippen LogP contribution in [-0.2, 0) is 9.53 Å². The third-order valence-corrected chi connectivity index (χ3v) is 5.60. The molecule has 0 unspecified atom stereocenters. The molecule has 2 fully saturated rings. The minimum Gasteiger partial charge on any atom is -0.368 e. The van der Waals surface area contributed by atoms with Crippen LogP contribution in [0.3, 0.4) is 0 Å². The summed E-state index contributed by atoms with van der Waals surface area (Å²) < 4.78 is 5.43. The maximum absolute atomic E-state index is 12.5. The molecule has 2 amide bonds. The van der Waals surface area contributed by atoms with Crippen LogP contribution in [0.25, 0.3) is 0 Å². The first-order valence-electron chi connectivity index (χ1n) is 9.90. The van der Waals surface area contributed by atoms with Crippen LogP contribution in [0.1, 0.15) is 66.3 Å². The maximum Gasteiger partial charge on any atom is 0.256 e. The van der Waals surface area contributed by atoms with Crippen LogP contribution >= 0.6 is 0 Å². The molecule has 1 saturated carbocycles. The topological polar surface area (TPSA) is 84.4 Å². The molecule has 0 aromatic carbocycles. The number of amides is 2. The molecular weight excluding hydrogens is 344 g/mol. The van der Waals surface area contributed by atoms with Gasteiger partial charge in [0.15, 0.2) is 0 Å². The van der Waals surface area contributed by atoms with Crippen molar-refractivity contribution in [3.05, 3.63) is 23.3 Å². The Bertz CT molecular complexity index is 678. The van der Waals surface area contributed by atoms with Crippen molar-refractivity contribution in [1.82, 2.24) is 20.2 Å². The van der Waals surface area contributed by atoms with Crippen molar-refractivity contribution < 1.29 is 14.3 Å². The number of nitrogens with zero attached hydrogens (tertiary/aromatic N) is 3. The van der Waals surface area contributed by atoms with E-state index in [1.165, 1.54) is 0 Å². The molecule has 0 bridgehead atoms. The molecule has 0 spiro atoms. The predicted octanol–water partition coefficient (Wildman–Crippen LogP) is 2.06. The molecule has 2 heterocycles. The fourth-order valence-electron chi connectivity index (χ4n) is 3.99. The summed E-state index contributed by atoms with van der Waals surface area (Å²) in [5.74, 6) is 1.43. The lowest BCUT2D eigenvalue weighted by Crippen LogP contribution is -2.38. The molecule has 1 aromatic heterocycles. The minimum atomic E-state index is -0.259. The van der Waals surface area contributed by atoms with Gasteiger partial charge in [-0.3, -0.25) is 9.59 Å². The first-order valence-corrected chi connectivity index (χ1v) is 9.90. The molecular formula is C20H30N4O3. The summed E-state index contributed by atoms with van der Waals surface area (Å²) in [6, 6.07) is 0. The third kappa shape index (κ3) is 4.83. The summed E-state index contributed by atoms with van der Waals surface area (Å²) in [7, 11) is 3.50. The van der Waals surface area contributed by atoms with E-state index in [1.54, 1.807) is 25.2 Å². The summed E-state index contributed by atoms with van der Waals surface area (Å²) in [5.41, 5.74) is 1.49. The predicted molar refractivity (Wildman–Crippen MR) is 101 cm³/mol. The van der Waals surface area contributed by atoms with E-state index in [1.807, 2.05) is 6.92 Å². The molecule has 1 saturated heterocycles. The van der Waals surface area contributed by atoms with Crippen LogP contribution in [-0.4, -0.2) is 60.0 Å². The quantitative estimate of drug-likeness (QED) is 0.853. The number of ether oxygens (including phenoxy) is 1. The van der Waals surface area contributed by atoms with E-state index >= 15 is 0 Å². The van der Waals surface area contributed by atoms with E-state index in [2.05, 4.69) is 15.3 Å². The highest BCUT2D eigenvalue weighted by atomic mass is 16.5. The van der Waals surface area contributed by atoms with Gasteiger partial charge in [-0.25, -0.2) is 9.97 Å². The zero-order valence-electron chi connectivity index (χ0n) is 16.5. The molecule has 1 aliphatic carbocycles. The van der Waals surface area contributed by atoms with Gasteiger partial charge in [0.1, 0.15) is 11.9 Å². The van der Waals surface area contributed by atoms with Crippen LogP contribution in [0.2, 0.25) is 0 Å². The van der Waals surface area contributed by atoms with Gasteiger partial charge < -0.3 is 15.0 Å². The number of rotatable bonds is 5. The highest BCUT2D eigenvalue weighted by Crippen LogP contribution is 2.36. The molecule has 27 heavy (non-hydrogen) atoms. The third-order valence-electron chi connectivity index (χ3n) is 5.60. The number of aryl methyl sites for hydroxylation is 1. The fourth-order valence-corrected chi connectivity index (χ4v) is 3.99. The van der Waals surface area contributed by atoms with Crippen molar-refractivity contribution in [1.29, 1.82) is 0 Å². The lowest BCUT2D eigenvalue weighted by Gasteiger charge is -2.29. The van der Waals surface area contributed by atoms with Gasteiger partial charge in [-0.2, -0.15) is 0 Å². The van der Waals surface area contributed by atoms with Crippen molar-refractivity contribution in [3.8, 4) is 0 Å². The van der Waals surface area contributed by atoms with E-state index < -0.39 is 0 Å². The zero-order valence-corrected chi connectivity index (χ0v) is 16.5. The van der Waals surface area contributed by atoms with E-state index in [-0.39, 0.29) is 23.8 Å². The second kappa shape index (κ2) is 8.78. The minimum absolute atomic E-state index is 0.0277. The molecule has 7 heteroatoms. The molecule has 148 valence electrons. The van der Waals surface area contributed by atoms with Crippen LogP contribution in [0.5, 0.6) is 0 Å². The first-order chi connectivity index (χ1) is 13.0. The Morgan fingerprint density at radius 3 is 2.59 bits per heavy atom. The number of carbonyl (C=O) groups is 2. The summed E-state index contributed by atoms with van der Waals surface area (Å²) in [4.78, 5) is 35.0. The zero-order chi connectivity index (χ0) is 19.4. The Hall–Kier alpha value is -2.02. The molecule has 0 radical (unpaired) electrons. The van der Waals surface area contributed by atoms with Gasteiger partial charge in [-0.05, 0) is 51.4 Å². The maximum atomic E-state index is 12.5. The average Bonchev–Trinajstić information content (AvgIpc) is 3.21. The Balaban J connectivity index is 1.56. The Morgan fingerprint density at radius 2 is 1.96 bits per heavy atom. The number of carbonyl (C=O) groups excluding carboxylic acids is 2. The second-order valence-electron chi connectivity index (χ2n) is 7.88. The molecule has 1 aromatic rings. The van der Waals surface area contributed by atoms with Gasteiger partial charge in [0.05, 0.1) is 11.3 Å². The highest BCUT2D eigenvalue weighted by molar-refractivity contribution is 5.94. The van der Waals surface area contributed by atoms with E-state index in [4.69, 9.17) is 4.74 Å². The molecule has 2 aliphatic rings. The van der Waals surface area contributed by atoms with Crippen LogP contribution in [0, 0.1) is 12.8 Å². The second-order valence-corrected chi connectivity index (χ2v) is 7.88. The summed E-state index contributed by atoms with van der Waals surface area (Å²) in [6.45, 7) is 3.26. The Kier molecular flexibility index (Phi) is 6.42. The van der Waals surface area contributed by atoms with Crippen molar-refractivity contribution >= 4 is 11.8 Å². The fraction of sp³-hybridized carbons (Fsp3) is 0.700. The van der Waals surface area contributed by atoms with Gasteiger partial charge in [-0.15, -0.1) is 0 Å². The van der Waals surface area contributed by atoms with Gasteiger partial charge in [0.25, 0.3) is 5.91 Å². The normalized spacial score (nSPS) is 25.2. The van der Waals surface area contributed by atoms with Gasteiger partial charge in [-0.1, -0.05) is 0 Å². The number of nitrogens with one attached hydrogen (secondary N) is 1. The first kappa shape index (κ1) is 19.7. The molecule has 3 rings (SSSR count). The number of aromatic nitrogens is 2. The molecule has 1 N–H and O–H groups in total. The summed E-state index contributed by atoms with van der Waals surface area (Å²) in [5, 5.41) is 3.05. The van der Waals surface area contributed by atoms with Crippen molar-refractivity contribution in [2.45, 2.75) is 57.5 Å². The Labute approximate surface area is 160 Å². The lowest BCUT2D eigenvalue weighted by molar-refractivity contribution is -0.130. The van der Waals surface area contributed by atoms with Gasteiger partial charge >= 0.3 is 0 Å². The summed E-state index contributed by atoms with van der Waals surface area (Å²) in [6.07, 6.45) is 7.20. The monoisotopic (exact) mass is 374 g/mol. The number of hydrogen-bond donors (Lipinski definition) is 1. The Morgan fingerprint density at radius 1 is 1.22 bits per heavy atom. The van der Waals surface area contributed by atoms with Crippen LogP contribution < -0.4 is 5.32 Å². The SMILES string of the molecule is Cc1ncc(C(=O)N(C)C)c(C2CCC(CNC(=O)[C@H]3CCCO3)CC2)n1. The highest BCUT2D eigenvalue weighted by Gasteiger charge is 2.29. The van der Waals surface area contributed by atoms with E-state index in [9.17, 15) is 9.59 Å². The van der Waals surface area contributed by atoms with Gasteiger partial charge in [0.2, 0.25) is 5.91 Å². The van der Waals surface area contributed by atoms with Crippen molar-refractivity contribution in [2.75, 3.05) is 27.2 Å². The summed E-state index contributed by atoms with van der Waals surface area (Å²) >= 11 is 0. The lowest BCUT2D eigenvalue weighted by atomic mass is 9.79. The van der Waals surface area contributed by atoms with Crippen molar-refractivity contribution in [3.63, 3.8) is 0 Å². The van der Waals surface area contributed by atoms with Crippen molar-refractivity contribution in [2.24, 2.45) is 5.92 Å². The molecule has 1 atom stereocenters. The van der Waals surface area contributed by atoms with Crippen LogP contribution in [0.15, 0.2) is 6.20 Å².